The molecule has 1 N–H and O–H groups in total. The summed E-state index contributed by atoms with van der Waals surface area (Å²) in [5, 5.41) is 11.5. The van der Waals surface area contributed by atoms with E-state index in [4.69, 9.17) is 16.3 Å². The molecule has 2 heterocycles. The molecule has 0 fully saturated rings. The summed E-state index contributed by atoms with van der Waals surface area (Å²) in [5.74, 6) is -0.952. The number of nitrogens with zero attached hydrogens (tertiary/aromatic N) is 4. The van der Waals surface area contributed by atoms with Crippen molar-refractivity contribution in [1.29, 1.82) is 0 Å². The number of halogens is 1. The van der Waals surface area contributed by atoms with Crippen molar-refractivity contribution in [3.05, 3.63) is 64.2 Å². The fourth-order valence-electron chi connectivity index (χ4n) is 2.56. The van der Waals surface area contributed by atoms with Gasteiger partial charge in [-0.1, -0.05) is 23.7 Å². The number of hydrogen-bond acceptors (Lipinski definition) is 5. The third kappa shape index (κ3) is 4.01. The maximum Gasteiger partial charge on any atom is 0.360 e. The largest absolute Gasteiger partial charge is 0.464 e. The number of carbonyl (C=O) groups is 2. The van der Waals surface area contributed by atoms with Gasteiger partial charge in [0.1, 0.15) is 0 Å². The molecule has 9 heteroatoms. The molecular weight excluding hydrogens is 370 g/mol. The Morgan fingerprint density at radius 2 is 1.96 bits per heavy atom. The van der Waals surface area contributed by atoms with Gasteiger partial charge in [-0.05, 0) is 24.6 Å². The molecule has 27 heavy (non-hydrogen) atoms. The predicted molar refractivity (Wildman–Crippen MR) is 100 cm³/mol. The van der Waals surface area contributed by atoms with Crippen LogP contribution < -0.4 is 5.32 Å². The molecule has 8 nitrogen and oxygen atoms in total. The van der Waals surface area contributed by atoms with Crippen LogP contribution in [0.15, 0.2) is 36.7 Å². The molecule has 1 aromatic carbocycles. The molecule has 0 aliphatic heterocycles. The van der Waals surface area contributed by atoms with Gasteiger partial charge in [-0.15, -0.1) is 0 Å². The van der Waals surface area contributed by atoms with Crippen LogP contribution in [0, 0.1) is 6.92 Å². The number of anilines is 1. The van der Waals surface area contributed by atoms with Crippen LogP contribution in [0.4, 0.5) is 5.69 Å². The van der Waals surface area contributed by atoms with Crippen LogP contribution in [-0.4, -0.2) is 38.5 Å². The SMILES string of the molecule is COC(=O)c1nn(C)c(C)c1NC(=O)c1ccc(Cn2cc(Cl)cn2)cc1. The van der Waals surface area contributed by atoms with Crippen LogP contribution in [0.2, 0.25) is 5.02 Å². The van der Waals surface area contributed by atoms with Crippen LogP contribution >= 0.6 is 11.6 Å². The van der Waals surface area contributed by atoms with E-state index in [2.05, 4.69) is 15.5 Å². The van der Waals surface area contributed by atoms with E-state index < -0.39 is 5.97 Å². The van der Waals surface area contributed by atoms with Gasteiger partial charge in [0.15, 0.2) is 5.69 Å². The first-order chi connectivity index (χ1) is 12.9. The second-order valence-electron chi connectivity index (χ2n) is 5.93. The Hall–Kier alpha value is -3.13. The zero-order chi connectivity index (χ0) is 19.6. The van der Waals surface area contributed by atoms with E-state index in [0.29, 0.717) is 28.5 Å². The molecule has 1 amide bonds. The van der Waals surface area contributed by atoms with Crippen LogP contribution in [0.25, 0.3) is 0 Å². The molecule has 0 aliphatic carbocycles. The van der Waals surface area contributed by atoms with Crippen molar-refractivity contribution in [2.75, 3.05) is 12.4 Å². The summed E-state index contributed by atoms with van der Waals surface area (Å²) in [4.78, 5) is 24.4. The minimum Gasteiger partial charge on any atom is -0.464 e. The normalized spacial score (nSPS) is 10.7. The third-order valence-electron chi connectivity index (χ3n) is 4.11. The number of benzene rings is 1. The summed E-state index contributed by atoms with van der Waals surface area (Å²) in [6.45, 7) is 2.30. The van der Waals surface area contributed by atoms with Gasteiger partial charge in [-0.25, -0.2) is 4.79 Å². The Labute approximate surface area is 160 Å². The van der Waals surface area contributed by atoms with E-state index >= 15 is 0 Å². The van der Waals surface area contributed by atoms with E-state index in [1.165, 1.54) is 11.8 Å². The van der Waals surface area contributed by atoms with Gasteiger partial charge in [-0.2, -0.15) is 10.2 Å². The number of carbonyl (C=O) groups excluding carboxylic acids is 2. The first-order valence-electron chi connectivity index (χ1n) is 8.09. The van der Waals surface area contributed by atoms with E-state index in [0.717, 1.165) is 5.56 Å². The topological polar surface area (TPSA) is 91.0 Å². The Morgan fingerprint density at radius 3 is 2.56 bits per heavy atom. The minimum atomic E-state index is -0.609. The maximum absolute atomic E-state index is 12.6. The number of hydrogen-bond donors (Lipinski definition) is 1. The summed E-state index contributed by atoms with van der Waals surface area (Å²) in [5.41, 5.74) is 2.48. The molecular formula is C18H18ClN5O3. The molecule has 0 bridgehead atoms. The fourth-order valence-corrected chi connectivity index (χ4v) is 2.71. The highest BCUT2D eigenvalue weighted by Gasteiger charge is 2.22. The number of nitrogens with one attached hydrogen (secondary N) is 1. The van der Waals surface area contributed by atoms with Crippen molar-refractivity contribution >= 4 is 29.2 Å². The molecule has 3 aromatic rings. The zero-order valence-electron chi connectivity index (χ0n) is 15.1. The van der Waals surface area contributed by atoms with Crippen molar-refractivity contribution < 1.29 is 14.3 Å². The van der Waals surface area contributed by atoms with Gasteiger partial charge in [0.2, 0.25) is 0 Å². The lowest BCUT2D eigenvalue weighted by atomic mass is 10.1. The lowest BCUT2D eigenvalue weighted by molar-refractivity contribution is 0.0594. The number of esters is 1. The average Bonchev–Trinajstić information content (AvgIpc) is 3.19. The van der Waals surface area contributed by atoms with E-state index in [9.17, 15) is 9.59 Å². The quantitative estimate of drug-likeness (QED) is 0.679. The molecule has 0 atom stereocenters. The molecule has 2 aromatic heterocycles. The summed E-state index contributed by atoms with van der Waals surface area (Å²) in [7, 11) is 2.96. The first-order valence-corrected chi connectivity index (χ1v) is 8.47. The molecule has 0 radical (unpaired) electrons. The number of aryl methyl sites for hydroxylation is 1. The number of methoxy groups -OCH3 is 1. The summed E-state index contributed by atoms with van der Waals surface area (Å²) >= 11 is 5.85. The first kappa shape index (κ1) is 18.7. The summed E-state index contributed by atoms with van der Waals surface area (Å²) in [6, 6.07) is 7.09. The standard InChI is InChI=1S/C18H18ClN5O3/c1-11-15(16(18(26)27-3)22-23(11)2)21-17(25)13-6-4-12(5-7-13)9-24-10-14(19)8-20-24/h4-8,10H,9H2,1-3H3,(H,21,25). The lowest BCUT2D eigenvalue weighted by Crippen LogP contribution is -2.15. The second kappa shape index (κ2) is 7.63. The van der Waals surface area contributed by atoms with E-state index in [1.807, 2.05) is 12.1 Å². The number of ether oxygens (including phenoxy) is 1. The average molecular weight is 388 g/mol. The number of aromatic nitrogens is 4. The van der Waals surface area contributed by atoms with Gasteiger partial charge in [0, 0.05) is 18.8 Å². The molecule has 0 spiro atoms. The van der Waals surface area contributed by atoms with Crippen LogP contribution in [0.3, 0.4) is 0 Å². The minimum absolute atomic E-state index is 0.0676. The predicted octanol–water partition coefficient (Wildman–Crippen LogP) is 2.67. The van der Waals surface area contributed by atoms with Crippen molar-refractivity contribution in [3.8, 4) is 0 Å². The number of amides is 1. The van der Waals surface area contributed by atoms with Crippen molar-refractivity contribution in [2.24, 2.45) is 7.05 Å². The van der Waals surface area contributed by atoms with Gasteiger partial charge in [-0.3, -0.25) is 14.2 Å². The Balaban J connectivity index is 1.76. The molecule has 0 saturated heterocycles. The van der Waals surface area contributed by atoms with Crippen LogP contribution in [0.1, 0.15) is 32.1 Å². The lowest BCUT2D eigenvalue weighted by Gasteiger charge is -2.07. The van der Waals surface area contributed by atoms with Crippen molar-refractivity contribution in [1.82, 2.24) is 19.6 Å². The highest BCUT2D eigenvalue weighted by molar-refractivity contribution is 6.30. The summed E-state index contributed by atoms with van der Waals surface area (Å²) < 4.78 is 7.94. The highest BCUT2D eigenvalue weighted by atomic mass is 35.5. The molecule has 3 rings (SSSR count). The Morgan fingerprint density at radius 1 is 1.26 bits per heavy atom. The van der Waals surface area contributed by atoms with Crippen LogP contribution in [-0.2, 0) is 18.3 Å². The van der Waals surface area contributed by atoms with Gasteiger partial charge in [0.05, 0.1) is 36.3 Å². The van der Waals surface area contributed by atoms with Gasteiger partial charge >= 0.3 is 5.97 Å². The smallest absolute Gasteiger partial charge is 0.360 e. The second-order valence-corrected chi connectivity index (χ2v) is 6.37. The molecule has 0 aliphatic rings. The molecule has 140 valence electrons. The fraction of sp³-hybridized carbons (Fsp3) is 0.222. The maximum atomic E-state index is 12.6. The van der Waals surface area contributed by atoms with E-state index in [-0.39, 0.29) is 11.6 Å². The Bertz CT molecular complexity index is 991. The Kier molecular flexibility index (Phi) is 5.27. The van der Waals surface area contributed by atoms with Crippen molar-refractivity contribution in [2.45, 2.75) is 13.5 Å². The molecule has 0 saturated carbocycles. The van der Waals surface area contributed by atoms with Gasteiger partial charge in [0.25, 0.3) is 5.91 Å². The monoisotopic (exact) mass is 387 g/mol. The highest BCUT2D eigenvalue weighted by Crippen LogP contribution is 2.21. The molecule has 0 unspecified atom stereocenters. The number of rotatable bonds is 5. The van der Waals surface area contributed by atoms with Crippen LogP contribution in [0.5, 0.6) is 0 Å². The zero-order valence-corrected chi connectivity index (χ0v) is 15.8. The van der Waals surface area contributed by atoms with Gasteiger partial charge < -0.3 is 10.1 Å². The van der Waals surface area contributed by atoms with Crippen molar-refractivity contribution in [3.63, 3.8) is 0 Å². The summed E-state index contributed by atoms with van der Waals surface area (Å²) in [6.07, 6.45) is 3.29. The third-order valence-corrected chi connectivity index (χ3v) is 4.31. The van der Waals surface area contributed by atoms with E-state index in [1.54, 1.807) is 43.2 Å².